The Morgan fingerprint density at radius 2 is 2.00 bits per heavy atom. The van der Waals surface area contributed by atoms with Gasteiger partial charge in [-0.1, -0.05) is 30.3 Å². The normalized spacial score (nSPS) is 11.1. The highest BCUT2D eigenvalue weighted by atomic mass is 16.2. The van der Waals surface area contributed by atoms with Crippen LogP contribution in [0.15, 0.2) is 39.9 Å². The molecule has 0 amide bonds. The zero-order valence-electron chi connectivity index (χ0n) is 11.6. The molecule has 0 aliphatic heterocycles. The van der Waals surface area contributed by atoms with E-state index in [4.69, 9.17) is 7.10 Å². The molecule has 6 heteroatoms. The van der Waals surface area contributed by atoms with E-state index in [1.165, 1.54) is 4.57 Å². The van der Waals surface area contributed by atoms with Crippen molar-refractivity contribution in [1.29, 1.82) is 0 Å². The average molecular weight is 261 g/mol. The van der Waals surface area contributed by atoms with E-state index in [-0.39, 0.29) is 18.1 Å². The molecule has 0 spiro atoms. The summed E-state index contributed by atoms with van der Waals surface area (Å²) in [5.41, 5.74) is 5.76. The minimum absolute atomic E-state index is 0.0797. The first-order valence-corrected chi connectivity index (χ1v) is 5.74. The van der Waals surface area contributed by atoms with Gasteiger partial charge in [-0.25, -0.2) is 4.79 Å². The van der Waals surface area contributed by atoms with Gasteiger partial charge >= 0.3 is 5.69 Å². The maximum atomic E-state index is 12.2. The highest BCUT2D eigenvalue weighted by Crippen LogP contribution is 2.11. The standard InChI is InChI=1S/C13H16N4O2/c1-15-10-11(14)17(13(19)16(2)12(10)18)8-9-6-4-3-5-7-9/h3-7,15H,8,14H2,1-2H3/i2D. The molecule has 3 N–H and O–H groups in total. The van der Waals surface area contributed by atoms with Gasteiger partial charge in [0, 0.05) is 15.4 Å². The third-order valence-corrected chi connectivity index (χ3v) is 2.90. The number of nitrogen functional groups attached to an aromatic ring is 1. The second kappa shape index (κ2) is 5.01. The van der Waals surface area contributed by atoms with Crippen molar-refractivity contribution < 1.29 is 1.37 Å². The first kappa shape index (κ1) is 11.6. The maximum Gasteiger partial charge on any atom is 0.332 e. The number of rotatable bonds is 3. The summed E-state index contributed by atoms with van der Waals surface area (Å²) in [4.78, 5) is 24.2. The molecule has 19 heavy (non-hydrogen) atoms. The highest BCUT2D eigenvalue weighted by Gasteiger charge is 2.13. The first-order valence-electron chi connectivity index (χ1n) is 6.45. The highest BCUT2D eigenvalue weighted by molar-refractivity contribution is 5.60. The van der Waals surface area contributed by atoms with Crippen LogP contribution in [0.25, 0.3) is 0 Å². The third kappa shape index (κ3) is 2.24. The molecule has 2 rings (SSSR count). The molecule has 1 aromatic carbocycles. The first-order chi connectivity index (χ1) is 9.60. The summed E-state index contributed by atoms with van der Waals surface area (Å²) in [5, 5.41) is 2.69. The van der Waals surface area contributed by atoms with Crippen molar-refractivity contribution >= 4 is 11.5 Å². The van der Waals surface area contributed by atoms with Gasteiger partial charge < -0.3 is 11.1 Å². The van der Waals surface area contributed by atoms with Crippen molar-refractivity contribution in [3.05, 3.63) is 56.7 Å². The summed E-state index contributed by atoms with van der Waals surface area (Å²) >= 11 is 0. The van der Waals surface area contributed by atoms with Gasteiger partial charge in [0.1, 0.15) is 11.5 Å². The zero-order chi connectivity index (χ0) is 14.7. The fourth-order valence-electron chi connectivity index (χ4n) is 1.87. The maximum absolute atomic E-state index is 12.2. The third-order valence-electron chi connectivity index (χ3n) is 2.90. The summed E-state index contributed by atoms with van der Waals surface area (Å²) < 4.78 is 9.45. The van der Waals surface area contributed by atoms with Gasteiger partial charge in [0.2, 0.25) is 0 Å². The van der Waals surface area contributed by atoms with Crippen molar-refractivity contribution in [3.63, 3.8) is 0 Å². The Morgan fingerprint density at radius 1 is 1.32 bits per heavy atom. The molecule has 0 saturated heterocycles. The summed E-state index contributed by atoms with van der Waals surface area (Å²) in [6.07, 6.45) is 0. The van der Waals surface area contributed by atoms with E-state index in [1.54, 1.807) is 7.05 Å². The molecule has 0 aliphatic rings. The molecule has 1 heterocycles. The van der Waals surface area contributed by atoms with E-state index in [9.17, 15) is 9.59 Å². The molecule has 6 nitrogen and oxygen atoms in total. The Labute approximate surface area is 111 Å². The molecular weight excluding hydrogens is 244 g/mol. The van der Waals surface area contributed by atoms with Crippen LogP contribution in [0.3, 0.4) is 0 Å². The molecule has 0 radical (unpaired) electrons. The number of hydrogen-bond acceptors (Lipinski definition) is 4. The lowest BCUT2D eigenvalue weighted by molar-refractivity contribution is 0.657. The van der Waals surface area contributed by atoms with Crippen molar-refractivity contribution in [3.8, 4) is 0 Å². The van der Waals surface area contributed by atoms with Crippen LogP contribution in [0.2, 0.25) is 0 Å². The van der Waals surface area contributed by atoms with E-state index >= 15 is 0 Å². The Balaban J connectivity index is 2.64. The Kier molecular flexibility index (Phi) is 3.06. The van der Waals surface area contributed by atoms with E-state index in [2.05, 4.69) is 5.32 Å². The number of hydrogen-bond donors (Lipinski definition) is 2. The van der Waals surface area contributed by atoms with Gasteiger partial charge in [-0.2, -0.15) is 0 Å². The number of benzene rings is 1. The van der Waals surface area contributed by atoms with Crippen LogP contribution in [0.5, 0.6) is 0 Å². The molecule has 0 unspecified atom stereocenters. The van der Waals surface area contributed by atoms with Gasteiger partial charge in [0.15, 0.2) is 0 Å². The van der Waals surface area contributed by atoms with Gasteiger partial charge in [-0.3, -0.25) is 13.9 Å². The Hall–Kier alpha value is -2.50. The van der Waals surface area contributed by atoms with E-state index in [0.717, 1.165) is 10.1 Å². The monoisotopic (exact) mass is 261 g/mol. The van der Waals surface area contributed by atoms with Crippen LogP contribution >= 0.6 is 0 Å². The lowest BCUT2D eigenvalue weighted by atomic mass is 10.2. The van der Waals surface area contributed by atoms with Crippen molar-refractivity contribution in [1.82, 2.24) is 9.13 Å². The largest absolute Gasteiger partial charge is 0.383 e. The molecule has 0 saturated carbocycles. The quantitative estimate of drug-likeness (QED) is 0.828. The van der Waals surface area contributed by atoms with Crippen LogP contribution in [0.1, 0.15) is 6.93 Å². The fourth-order valence-corrected chi connectivity index (χ4v) is 1.87. The van der Waals surface area contributed by atoms with Crippen LogP contribution in [0.4, 0.5) is 11.5 Å². The van der Waals surface area contributed by atoms with Crippen LogP contribution in [-0.4, -0.2) is 16.2 Å². The lowest BCUT2D eigenvalue weighted by Crippen LogP contribution is -2.40. The number of nitrogens with one attached hydrogen (secondary N) is 1. The number of nitrogens with two attached hydrogens (primary N) is 1. The van der Waals surface area contributed by atoms with E-state index in [0.29, 0.717) is 0 Å². The molecule has 1 aromatic heterocycles. The SMILES string of the molecule is [2H]Cn1c(=O)c(NC)c(N)n(Cc2ccccc2)c1=O. The zero-order valence-corrected chi connectivity index (χ0v) is 10.6. The average Bonchev–Trinajstić information content (AvgIpc) is 2.46. The van der Waals surface area contributed by atoms with Gasteiger partial charge in [0.05, 0.1) is 6.54 Å². The van der Waals surface area contributed by atoms with Gasteiger partial charge in [-0.05, 0) is 5.56 Å². The summed E-state index contributed by atoms with van der Waals surface area (Å²) in [5.74, 6) is 0.0797. The van der Waals surface area contributed by atoms with E-state index < -0.39 is 18.3 Å². The number of anilines is 2. The van der Waals surface area contributed by atoms with Gasteiger partial charge in [0.25, 0.3) is 5.56 Å². The van der Waals surface area contributed by atoms with Crippen LogP contribution < -0.4 is 22.3 Å². The summed E-state index contributed by atoms with van der Waals surface area (Å²) in [6, 6.07) is 9.31. The molecule has 0 bridgehead atoms. The Bertz CT molecular complexity index is 722. The number of nitrogens with zero attached hydrogens (tertiary/aromatic N) is 2. The molecule has 0 atom stereocenters. The molecule has 100 valence electrons. The second-order valence-electron chi connectivity index (χ2n) is 4.10. The smallest absolute Gasteiger partial charge is 0.332 e. The number of aromatic nitrogens is 2. The topological polar surface area (TPSA) is 82.0 Å². The Morgan fingerprint density at radius 3 is 2.58 bits per heavy atom. The predicted octanol–water partition coefficient (Wildman–Crippen LogP) is 0.219. The van der Waals surface area contributed by atoms with Crippen LogP contribution in [-0.2, 0) is 13.6 Å². The minimum Gasteiger partial charge on any atom is -0.383 e. The van der Waals surface area contributed by atoms with Crippen molar-refractivity contribution in [2.45, 2.75) is 6.54 Å². The van der Waals surface area contributed by atoms with Crippen molar-refractivity contribution in [2.24, 2.45) is 7.02 Å². The fraction of sp³-hybridized carbons (Fsp3) is 0.231. The predicted molar refractivity (Wildman–Crippen MR) is 75.4 cm³/mol. The van der Waals surface area contributed by atoms with Crippen molar-refractivity contribution in [2.75, 3.05) is 18.1 Å². The minimum atomic E-state index is -0.578. The van der Waals surface area contributed by atoms with Crippen LogP contribution in [0, 0.1) is 0 Å². The lowest BCUT2D eigenvalue weighted by Gasteiger charge is -2.14. The van der Waals surface area contributed by atoms with Gasteiger partial charge in [-0.15, -0.1) is 0 Å². The molecule has 0 fully saturated rings. The van der Waals surface area contributed by atoms with E-state index in [1.807, 2.05) is 30.3 Å². The molecule has 0 aliphatic carbocycles. The summed E-state index contributed by atoms with van der Waals surface area (Å²) in [6.45, 7) is 0.250. The summed E-state index contributed by atoms with van der Waals surface area (Å²) in [7, 11) is 1.11. The second-order valence-corrected chi connectivity index (χ2v) is 4.10. The molecular formula is C13H16N4O2. The molecule has 2 aromatic rings.